The molecule has 4 saturated carbocycles. The second-order valence-corrected chi connectivity index (χ2v) is 31.7. The molecule has 21 atom stereocenters. The van der Waals surface area contributed by atoms with E-state index in [9.17, 15) is 41.3 Å². The number of ether oxygens (including phenoxy) is 4. The van der Waals surface area contributed by atoms with Crippen LogP contribution in [0.25, 0.3) is 0 Å². The van der Waals surface area contributed by atoms with Gasteiger partial charge < -0.3 is 43.4 Å². The summed E-state index contributed by atoms with van der Waals surface area (Å²) in [5, 5.41) is 35.0. The van der Waals surface area contributed by atoms with Crippen LogP contribution >= 0.6 is 0 Å². The van der Waals surface area contributed by atoms with Crippen LogP contribution in [-0.4, -0.2) is 108 Å². The van der Waals surface area contributed by atoms with E-state index in [2.05, 4.69) is 48.5 Å². The van der Waals surface area contributed by atoms with Crippen molar-refractivity contribution in [1.29, 1.82) is 0 Å². The monoisotopic (exact) mass is 1130 g/mol. The van der Waals surface area contributed by atoms with Crippen molar-refractivity contribution in [1.82, 2.24) is 0 Å². The average Bonchev–Trinajstić information content (AvgIpc) is 4.03. The Bertz CT molecular complexity index is 2670. The van der Waals surface area contributed by atoms with E-state index in [4.69, 9.17) is 27.3 Å². The fourth-order valence-corrected chi connectivity index (χ4v) is 23.4. The Morgan fingerprint density at radius 2 is 1.22 bits per heavy atom. The van der Waals surface area contributed by atoms with Crippen molar-refractivity contribution in [2.24, 2.45) is 85.8 Å². The van der Waals surface area contributed by atoms with Gasteiger partial charge in [0.25, 0.3) is 0 Å². The van der Waals surface area contributed by atoms with E-state index in [0.29, 0.717) is 56.0 Å². The van der Waals surface area contributed by atoms with Crippen LogP contribution in [0.1, 0.15) is 185 Å². The van der Waals surface area contributed by atoms with Gasteiger partial charge in [0, 0.05) is 39.9 Å². The fraction of sp³-hybridized carbons (Fsp3) is 0.931. The molecule has 15 nitrogen and oxygen atoms in total. The minimum Gasteiger partial charge on any atom is -0.726 e. The molecule has 77 heavy (non-hydrogen) atoms. The van der Waals surface area contributed by atoms with Crippen LogP contribution in [-0.2, 0) is 48.1 Å². The molecule has 6 bridgehead atoms. The van der Waals surface area contributed by atoms with E-state index in [1.165, 1.54) is 22.3 Å². The molecule has 8 aliphatic carbocycles. The predicted molar refractivity (Wildman–Crippen MR) is 273 cm³/mol. The first-order valence-electron chi connectivity index (χ1n) is 29.1. The third kappa shape index (κ3) is 8.69. The minimum atomic E-state index is -5.08. The summed E-state index contributed by atoms with van der Waals surface area (Å²) in [5.74, 6) is -2.20. The first kappa shape index (κ1) is 61.0. The Morgan fingerprint density at radius 3 is 1.77 bits per heavy atom. The molecule has 424 valence electrons. The number of hydrogen-bond acceptors (Lipinski definition) is 15. The summed E-state index contributed by atoms with van der Waals surface area (Å²) in [6.45, 7) is 24.4. The van der Waals surface area contributed by atoms with Crippen molar-refractivity contribution in [3.05, 3.63) is 22.3 Å². The molecule has 6 saturated heterocycles. The zero-order chi connectivity index (χ0) is 54.1. The molecular weight excluding hydrogens is 1050 g/mol. The summed E-state index contributed by atoms with van der Waals surface area (Å²) in [4.78, 5) is 0. The van der Waals surface area contributed by atoms with E-state index >= 15 is 0 Å². The van der Waals surface area contributed by atoms with E-state index < -0.39 is 83.9 Å². The third-order valence-corrected chi connectivity index (χ3v) is 26.7. The van der Waals surface area contributed by atoms with Crippen LogP contribution in [0.3, 0.4) is 0 Å². The summed E-state index contributed by atoms with van der Waals surface area (Å²) in [6.07, 6.45) is 10.2. The van der Waals surface area contributed by atoms with Gasteiger partial charge in [-0.25, -0.2) is 16.8 Å². The summed E-state index contributed by atoms with van der Waals surface area (Å²) >= 11 is 0. The van der Waals surface area contributed by atoms with Crippen LogP contribution in [0.2, 0.25) is 0 Å². The molecule has 0 aromatic carbocycles. The van der Waals surface area contributed by atoms with Crippen LogP contribution in [0.5, 0.6) is 0 Å². The summed E-state index contributed by atoms with van der Waals surface area (Å²) in [6, 6.07) is 0. The topological polar surface area (TPSA) is 230 Å². The van der Waals surface area contributed by atoms with Gasteiger partial charge in [-0.05, 0) is 176 Å². The molecule has 19 heteroatoms. The molecule has 3 N–H and O–H groups in total. The van der Waals surface area contributed by atoms with Crippen molar-refractivity contribution in [2.75, 3.05) is 13.2 Å². The van der Waals surface area contributed by atoms with Gasteiger partial charge >= 0.3 is 59.1 Å². The molecule has 14 aliphatic rings. The smallest absolute Gasteiger partial charge is 0.726 e. The quantitative estimate of drug-likeness (QED) is 0.124. The van der Waals surface area contributed by atoms with E-state index in [1.807, 2.05) is 13.8 Å². The summed E-state index contributed by atoms with van der Waals surface area (Å²) in [7, 11) is -10.1. The van der Waals surface area contributed by atoms with Crippen molar-refractivity contribution < 1.29 is 128 Å². The van der Waals surface area contributed by atoms with Crippen LogP contribution in [0.4, 0.5) is 0 Å². The molecular formula is C58H88Na2O15S2. The molecule has 6 heterocycles. The van der Waals surface area contributed by atoms with Gasteiger partial charge in [-0.1, -0.05) is 77.7 Å². The number of rotatable bonds is 10. The molecule has 5 unspecified atom stereocenters. The van der Waals surface area contributed by atoms with Gasteiger partial charge in [-0.15, -0.1) is 0 Å². The van der Waals surface area contributed by atoms with Gasteiger partial charge in [0.05, 0.1) is 48.8 Å². The van der Waals surface area contributed by atoms with Gasteiger partial charge in [0.15, 0.2) is 11.6 Å². The van der Waals surface area contributed by atoms with E-state index in [-0.39, 0.29) is 124 Å². The maximum absolute atomic E-state index is 12.5. The zero-order valence-corrected chi connectivity index (χ0v) is 54.2. The Hall–Kier alpha value is 0.940. The van der Waals surface area contributed by atoms with Crippen molar-refractivity contribution in [3.63, 3.8) is 0 Å². The number of fused-ring (bicyclic) bond motifs is 10. The van der Waals surface area contributed by atoms with Crippen molar-refractivity contribution >= 4 is 20.8 Å². The Labute approximate surface area is 504 Å². The average molecular weight is 1140 g/mol. The zero-order valence-electron chi connectivity index (χ0n) is 48.6. The molecule has 0 aromatic heterocycles. The number of aliphatic hydroxyl groups excluding tert-OH is 1. The van der Waals surface area contributed by atoms with Crippen LogP contribution in [0, 0.1) is 85.8 Å². The van der Waals surface area contributed by atoms with Gasteiger partial charge in [0.1, 0.15) is 6.10 Å². The van der Waals surface area contributed by atoms with E-state index in [0.717, 1.165) is 77.0 Å². The number of aliphatic hydroxyl groups is 3. The van der Waals surface area contributed by atoms with Crippen molar-refractivity contribution in [3.8, 4) is 0 Å². The van der Waals surface area contributed by atoms with Crippen molar-refractivity contribution in [2.45, 2.75) is 239 Å². The van der Waals surface area contributed by atoms with Crippen LogP contribution < -0.4 is 59.1 Å². The largest absolute Gasteiger partial charge is 1.00 e. The first-order valence-corrected chi connectivity index (χ1v) is 31.8. The molecule has 0 amide bonds. The molecule has 2 spiro atoms. The van der Waals surface area contributed by atoms with Gasteiger partial charge in [0.2, 0.25) is 20.8 Å². The first-order chi connectivity index (χ1) is 34.6. The third-order valence-electron chi connectivity index (χ3n) is 25.7. The SMILES string of the molecule is CC([C@H]1CCC2C3=C(CC[C@@]21C)[C@]12CC[C@@](O)(OC1)C(C)(C)C2[C@@H](OS(=O)(=O)[O-])C3)[C@H]1C[C@@H]2C[C@@](C)(OC2(C)C)[C@H](CC[C@@H](C)[C@H]2CCC3C4=C(CC[C@@]32C)[C@@]23CO[C@](O)([C@@H](O)C2)C(C)(C)C3[C@@H](OS(=O)(=O)[O-])C4)O1.[Na+].[Na+]. The summed E-state index contributed by atoms with van der Waals surface area (Å²) in [5.41, 5.74) is 0.936. The van der Waals surface area contributed by atoms with Gasteiger partial charge in [-0.3, -0.25) is 8.37 Å². The molecule has 14 rings (SSSR count). The molecule has 0 aromatic rings. The second kappa shape index (κ2) is 19.2. The second-order valence-electron chi connectivity index (χ2n) is 29.7. The van der Waals surface area contributed by atoms with Crippen LogP contribution in [0.15, 0.2) is 22.3 Å². The number of hydrogen-bond donors (Lipinski definition) is 3. The van der Waals surface area contributed by atoms with E-state index in [1.54, 1.807) is 13.8 Å². The molecule has 10 fully saturated rings. The summed E-state index contributed by atoms with van der Waals surface area (Å²) < 4.78 is 113. The minimum absolute atomic E-state index is 0. The Balaban J connectivity index is 0.00000336. The van der Waals surface area contributed by atoms with Gasteiger partial charge in [-0.2, -0.15) is 0 Å². The predicted octanol–water partition coefficient (Wildman–Crippen LogP) is 2.78. The Morgan fingerprint density at radius 1 is 0.688 bits per heavy atom. The molecule has 6 aliphatic heterocycles. The fourth-order valence-electron chi connectivity index (χ4n) is 22.4. The standard InChI is InChI=1S/C58H90O15S2.2Na/c1-31(36-13-15-38-35-26-44(72-75(65,66)67)48-50(5,6)58(61)45(59)28-56(48,30-69-58)41(35)19-20-52(36,38)9)12-17-46-54(11)27-33(51(7,8)73-54)24-42(70-46)32(2)37-14-16-39-34-25-43(71-74(62,63)64)47-49(3,4)57(60)23-22-55(47,29-68-57)40(34)18-21-53(37,39)10;;/h31-33,36-39,42-48,59-61H,12-30H2,1-11H3,(H,62,63,64)(H,65,66,67);;/q;2*+1/p-2/t31-,32?,33-,36-,37-,38?,39?,42-,43+,44+,45+,46+,47?,48?,52-,53-,54-,55+,56+,57-,58-;;/m1../s1. The normalized spacial score (nSPS) is 50.4. The Kier molecular flexibility index (Phi) is 15.2. The molecule has 0 radical (unpaired) electrons. The maximum Gasteiger partial charge on any atom is 1.00 e. The maximum atomic E-state index is 12.5.